The highest BCUT2D eigenvalue weighted by molar-refractivity contribution is 6.05. The van der Waals surface area contributed by atoms with E-state index in [1.54, 1.807) is 23.2 Å². The number of aromatic nitrogens is 2. The van der Waals surface area contributed by atoms with Gasteiger partial charge in [-0.3, -0.25) is 18.8 Å². The first kappa shape index (κ1) is 19.5. The van der Waals surface area contributed by atoms with Crippen LogP contribution in [0.3, 0.4) is 0 Å². The number of carbonyl (C=O) groups excluding carboxylic acids is 1. The summed E-state index contributed by atoms with van der Waals surface area (Å²) in [4.78, 5) is 27.2. The van der Waals surface area contributed by atoms with Gasteiger partial charge in [-0.25, -0.2) is 4.79 Å². The van der Waals surface area contributed by atoms with Gasteiger partial charge >= 0.3 is 5.69 Å². The Morgan fingerprint density at radius 3 is 2.34 bits per heavy atom. The van der Waals surface area contributed by atoms with Crippen molar-refractivity contribution >= 4 is 22.6 Å². The van der Waals surface area contributed by atoms with Crippen LogP contribution in [0.1, 0.15) is 35.7 Å². The van der Waals surface area contributed by atoms with E-state index in [0.717, 1.165) is 36.6 Å². The molecule has 1 amide bonds. The second-order valence-electron chi connectivity index (χ2n) is 8.21. The van der Waals surface area contributed by atoms with Crippen LogP contribution in [0.5, 0.6) is 0 Å². The number of imidazole rings is 1. The molecule has 29 heavy (non-hydrogen) atoms. The zero-order valence-electron chi connectivity index (χ0n) is 17.3. The normalized spacial score (nSPS) is 15.7. The van der Waals surface area contributed by atoms with Crippen LogP contribution < -0.4 is 11.0 Å². The number of nitrogens with one attached hydrogen (secondary N) is 1. The van der Waals surface area contributed by atoms with Crippen LogP contribution in [0.4, 0.5) is 5.69 Å². The lowest BCUT2D eigenvalue weighted by Gasteiger charge is -2.30. The number of hydrogen-bond acceptors (Lipinski definition) is 3. The molecule has 1 fully saturated rings. The zero-order valence-corrected chi connectivity index (χ0v) is 17.3. The third-order valence-electron chi connectivity index (χ3n) is 6.03. The van der Waals surface area contributed by atoms with Crippen molar-refractivity contribution in [1.29, 1.82) is 0 Å². The van der Waals surface area contributed by atoms with E-state index in [-0.39, 0.29) is 11.6 Å². The second-order valence-corrected chi connectivity index (χ2v) is 8.21. The first-order valence-corrected chi connectivity index (χ1v) is 10.2. The topological polar surface area (TPSA) is 59.3 Å². The number of likely N-dealkylation sites (tertiary alicyclic amines) is 1. The number of anilines is 1. The highest BCUT2D eigenvalue weighted by Crippen LogP contribution is 2.20. The lowest BCUT2D eigenvalue weighted by Crippen LogP contribution is -2.32. The predicted molar refractivity (Wildman–Crippen MR) is 116 cm³/mol. The molecule has 0 atom stereocenters. The van der Waals surface area contributed by atoms with Gasteiger partial charge in [-0.2, -0.15) is 0 Å². The van der Waals surface area contributed by atoms with Gasteiger partial charge in [-0.05, 0) is 67.7 Å². The summed E-state index contributed by atoms with van der Waals surface area (Å²) in [6, 6.07) is 13.4. The number of rotatable bonds is 4. The lowest BCUT2D eigenvalue weighted by atomic mass is 9.99. The molecule has 6 heteroatoms. The van der Waals surface area contributed by atoms with Crippen molar-refractivity contribution in [3.05, 3.63) is 64.1 Å². The largest absolute Gasteiger partial charge is 0.328 e. The number of amides is 1. The summed E-state index contributed by atoms with van der Waals surface area (Å²) in [6.07, 6.45) is 2.52. The number of carbonyl (C=O) groups is 1. The number of benzene rings is 2. The zero-order chi connectivity index (χ0) is 20.5. The monoisotopic (exact) mass is 392 g/mol. The first-order chi connectivity index (χ1) is 13.9. The van der Waals surface area contributed by atoms with E-state index >= 15 is 0 Å². The Labute approximate surface area is 170 Å². The van der Waals surface area contributed by atoms with Gasteiger partial charge in [0.15, 0.2) is 0 Å². The first-order valence-electron chi connectivity index (χ1n) is 10.2. The van der Waals surface area contributed by atoms with E-state index in [4.69, 9.17) is 0 Å². The van der Waals surface area contributed by atoms with Crippen molar-refractivity contribution in [3.63, 3.8) is 0 Å². The fourth-order valence-electron chi connectivity index (χ4n) is 4.03. The fourth-order valence-corrected chi connectivity index (χ4v) is 4.03. The smallest absolute Gasteiger partial charge is 0.322 e. The Morgan fingerprint density at radius 2 is 1.66 bits per heavy atom. The summed E-state index contributed by atoms with van der Waals surface area (Å²) in [6.45, 7) is 5.55. The average molecular weight is 393 g/mol. The Kier molecular flexibility index (Phi) is 5.28. The van der Waals surface area contributed by atoms with Crippen molar-refractivity contribution in [3.8, 4) is 0 Å². The SMILES string of the molecule is CC1CCN(Cc2ccc(C(=O)Nc3ccc4c(c3)n(C)c(=O)n4C)cc2)CC1. The average Bonchev–Trinajstić information content (AvgIpc) is 2.94. The van der Waals surface area contributed by atoms with Crippen LogP contribution in [0.2, 0.25) is 0 Å². The van der Waals surface area contributed by atoms with Gasteiger partial charge < -0.3 is 5.32 Å². The number of fused-ring (bicyclic) bond motifs is 1. The molecule has 1 aliphatic heterocycles. The lowest BCUT2D eigenvalue weighted by molar-refractivity contribution is 0.102. The molecule has 1 aliphatic rings. The minimum atomic E-state index is -0.149. The molecule has 0 radical (unpaired) electrons. The van der Waals surface area contributed by atoms with E-state index in [1.165, 1.54) is 18.4 Å². The van der Waals surface area contributed by atoms with E-state index in [2.05, 4.69) is 17.1 Å². The molecule has 1 saturated heterocycles. The highest BCUT2D eigenvalue weighted by atomic mass is 16.2. The summed E-state index contributed by atoms with van der Waals surface area (Å²) in [5, 5.41) is 2.94. The third-order valence-corrected chi connectivity index (χ3v) is 6.03. The molecule has 6 nitrogen and oxygen atoms in total. The van der Waals surface area contributed by atoms with E-state index in [0.29, 0.717) is 11.3 Å². The van der Waals surface area contributed by atoms with E-state index in [1.807, 2.05) is 42.5 Å². The van der Waals surface area contributed by atoms with Crippen LogP contribution in [0.25, 0.3) is 11.0 Å². The van der Waals surface area contributed by atoms with Crippen LogP contribution in [0, 0.1) is 5.92 Å². The van der Waals surface area contributed by atoms with Gasteiger partial charge in [0.25, 0.3) is 5.91 Å². The minimum Gasteiger partial charge on any atom is -0.322 e. The van der Waals surface area contributed by atoms with Gasteiger partial charge in [-0.1, -0.05) is 19.1 Å². The number of aryl methyl sites for hydroxylation is 2. The molecule has 0 saturated carbocycles. The van der Waals surface area contributed by atoms with Crippen LogP contribution >= 0.6 is 0 Å². The summed E-state index contributed by atoms with van der Waals surface area (Å²) in [5.74, 6) is 0.679. The maximum Gasteiger partial charge on any atom is 0.328 e. The van der Waals surface area contributed by atoms with Crippen molar-refractivity contribution in [2.75, 3.05) is 18.4 Å². The Bertz CT molecular complexity index is 1090. The predicted octanol–water partition coefficient (Wildman–Crippen LogP) is 3.36. The molecule has 3 aromatic rings. The molecule has 152 valence electrons. The number of nitrogens with zero attached hydrogens (tertiary/aromatic N) is 3. The van der Waals surface area contributed by atoms with Gasteiger partial charge in [-0.15, -0.1) is 0 Å². The molecular weight excluding hydrogens is 364 g/mol. The number of piperidine rings is 1. The molecule has 1 aromatic heterocycles. The maximum absolute atomic E-state index is 12.6. The summed E-state index contributed by atoms with van der Waals surface area (Å²) in [7, 11) is 3.48. The Morgan fingerprint density at radius 1 is 1.00 bits per heavy atom. The summed E-state index contributed by atoms with van der Waals surface area (Å²) < 4.78 is 3.18. The molecule has 0 spiro atoms. The highest BCUT2D eigenvalue weighted by Gasteiger charge is 2.16. The van der Waals surface area contributed by atoms with Gasteiger partial charge in [0.1, 0.15) is 0 Å². The molecule has 1 N–H and O–H groups in total. The van der Waals surface area contributed by atoms with Crippen molar-refractivity contribution in [2.24, 2.45) is 20.0 Å². The van der Waals surface area contributed by atoms with Gasteiger partial charge in [0, 0.05) is 31.9 Å². The van der Waals surface area contributed by atoms with E-state index < -0.39 is 0 Å². The maximum atomic E-state index is 12.6. The minimum absolute atomic E-state index is 0.0813. The standard InChI is InChI=1S/C23H28N4O2/c1-16-10-12-27(13-11-16)15-17-4-6-18(7-5-17)22(28)24-19-8-9-20-21(14-19)26(3)23(29)25(20)2/h4-9,14,16H,10-13,15H2,1-3H3,(H,24,28). The van der Waals surface area contributed by atoms with E-state index in [9.17, 15) is 9.59 Å². The fraction of sp³-hybridized carbons (Fsp3) is 0.391. The molecule has 4 rings (SSSR count). The van der Waals surface area contributed by atoms with Crippen LogP contribution in [-0.2, 0) is 20.6 Å². The molecule has 2 heterocycles. The van der Waals surface area contributed by atoms with Crippen molar-refractivity contribution in [2.45, 2.75) is 26.3 Å². The van der Waals surface area contributed by atoms with Gasteiger partial charge in [0.2, 0.25) is 0 Å². The Balaban J connectivity index is 1.44. The second kappa shape index (κ2) is 7.87. The molecular formula is C23H28N4O2. The summed E-state index contributed by atoms with van der Waals surface area (Å²) in [5.41, 5.74) is 4.09. The van der Waals surface area contributed by atoms with Crippen molar-refractivity contribution < 1.29 is 4.79 Å². The molecule has 0 bridgehead atoms. The van der Waals surface area contributed by atoms with Crippen molar-refractivity contribution in [1.82, 2.24) is 14.0 Å². The van der Waals surface area contributed by atoms with Gasteiger partial charge in [0.05, 0.1) is 11.0 Å². The number of hydrogen-bond donors (Lipinski definition) is 1. The molecule has 0 aliphatic carbocycles. The quantitative estimate of drug-likeness (QED) is 0.741. The Hall–Kier alpha value is -2.86. The van der Waals surface area contributed by atoms with Crippen LogP contribution in [0.15, 0.2) is 47.3 Å². The molecule has 0 unspecified atom stereocenters. The summed E-state index contributed by atoms with van der Waals surface area (Å²) >= 11 is 0. The third kappa shape index (κ3) is 3.98. The molecule has 2 aromatic carbocycles. The van der Waals surface area contributed by atoms with Crippen LogP contribution in [-0.4, -0.2) is 33.0 Å².